The van der Waals surface area contributed by atoms with Gasteiger partial charge >= 0.3 is 6.01 Å². The summed E-state index contributed by atoms with van der Waals surface area (Å²) in [4.78, 5) is 3.23. The number of benzene rings is 1. The van der Waals surface area contributed by atoms with E-state index < -0.39 is 20.7 Å². The van der Waals surface area contributed by atoms with E-state index in [-0.39, 0.29) is 18.2 Å². The lowest BCUT2D eigenvalue weighted by Gasteiger charge is -2.05. The van der Waals surface area contributed by atoms with Crippen LogP contribution in [0.3, 0.4) is 0 Å². The molecule has 0 fully saturated rings. The zero-order chi connectivity index (χ0) is 15.5. The van der Waals surface area contributed by atoms with Crippen molar-refractivity contribution in [1.29, 1.82) is 0 Å². The quantitative estimate of drug-likeness (QED) is 0.833. The highest BCUT2D eigenvalue weighted by atomic mass is 32.2. The van der Waals surface area contributed by atoms with Crippen LogP contribution in [-0.2, 0) is 10.0 Å². The van der Waals surface area contributed by atoms with Crippen molar-refractivity contribution in [1.82, 2.24) is 4.98 Å². The number of sulfonamides is 1. The standard InChI is InChI=1S/C13H11FN2O4S/c1-9-8-20-13(15-9)16-21(18,19)12-5-4-10(3-2-6-17)7-11(12)14/h4-5,7-8,17H,6H2,1H3,(H,15,16). The highest BCUT2D eigenvalue weighted by Gasteiger charge is 2.21. The molecule has 2 rings (SSSR count). The summed E-state index contributed by atoms with van der Waals surface area (Å²) < 4.78 is 44.8. The van der Waals surface area contributed by atoms with Gasteiger partial charge in [0, 0.05) is 5.56 Å². The van der Waals surface area contributed by atoms with E-state index in [2.05, 4.69) is 16.8 Å². The van der Waals surface area contributed by atoms with Gasteiger partial charge in [0.15, 0.2) is 0 Å². The molecule has 110 valence electrons. The van der Waals surface area contributed by atoms with E-state index in [1.807, 2.05) is 4.72 Å². The fraction of sp³-hybridized carbons (Fsp3) is 0.154. The summed E-state index contributed by atoms with van der Waals surface area (Å²) in [7, 11) is -4.15. The molecule has 0 saturated carbocycles. The molecule has 0 radical (unpaired) electrons. The van der Waals surface area contributed by atoms with Crippen LogP contribution in [0.25, 0.3) is 0 Å². The van der Waals surface area contributed by atoms with Gasteiger partial charge in [-0.1, -0.05) is 11.8 Å². The summed E-state index contributed by atoms with van der Waals surface area (Å²) in [5.41, 5.74) is 0.746. The Morgan fingerprint density at radius 1 is 1.48 bits per heavy atom. The van der Waals surface area contributed by atoms with Crippen molar-refractivity contribution in [3.63, 3.8) is 0 Å². The smallest absolute Gasteiger partial charge is 0.309 e. The Morgan fingerprint density at radius 3 is 2.81 bits per heavy atom. The first-order valence-electron chi connectivity index (χ1n) is 5.76. The third-order valence-corrected chi connectivity index (χ3v) is 3.73. The van der Waals surface area contributed by atoms with Crippen LogP contribution in [-0.4, -0.2) is 25.1 Å². The van der Waals surface area contributed by atoms with E-state index in [1.54, 1.807) is 6.92 Å². The number of aryl methyl sites for hydroxylation is 1. The van der Waals surface area contributed by atoms with E-state index in [4.69, 9.17) is 9.52 Å². The summed E-state index contributed by atoms with van der Waals surface area (Å²) in [5.74, 6) is 3.86. The molecule has 0 saturated heterocycles. The summed E-state index contributed by atoms with van der Waals surface area (Å²) in [6, 6.07) is 3.14. The average molecular weight is 310 g/mol. The van der Waals surface area contributed by atoms with Gasteiger partial charge in [-0.15, -0.1) is 0 Å². The van der Waals surface area contributed by atoms with E-state index in [1.165, 1.54) is 12.3 Å². The van der Waals surface area contributed by atoms with Crippen molar-refractivity contribution in [3.8, 4) is 11.8 Å². The number of halogens is 1. The Morgan fingerprint density at radius 2 is 2.24 bits per heavy atom. The van der Waals surface area contributed by atoms with Crippen LogP contribution in [0.2, 0.25) is 0 Å². The molecule has 0 aliphatic heterocycles. The topological polar surface area (TPSA) is 92.4 Å². The normalized spacial score (nSPS) is 10.8. The number of anilines is 1. The molecule has 0 atom stereocenters. The van der Waals surface area contributed by atoms with Crippen LogP contribution in [0.5, 0.6) is 0 Å². The molecule has 6 nitrogen and oxygen atoms in total. The van der Waals surface area contributed by atoms with Crippen molar-refractivity contribution in [2.24, 2.45) is 0 Å². The molecule has 1 heterocycles. The van der Waals surface area contributed by atoms with Gasteiger partial charge in [-0.3, -0.25) is 0 Å². The van der Waals surface area contributed by atoms with Gasteiger partial charge in [-0.2, -0.15) is 4.98 Å². The number of aromatic nitrogens is 1. The minimum Gasteiger partial charge on any atom is -0.431 e. The number of hydrogen-bond donors (Lipinski definition) is 2. The minimum atomic E-state index is -4.15. The maximum Gasteiger partial charge on any atom is 0.309 e. The second-order valence-electron chi connectivity index (χ2n) is 4.00. The SMILES string of the molecule is Cc1coc(NS(=O)(=O)c2ccc(C#CCO)cc2F)n1. The van der Waals surface area contributed by atoms with Crippen LogP contribution in [0.1, 0.15) is 11.3 Å². The molecule has 21 heavy (non-hydrogen) atoms. The highest BCUT2D eigenvalue weighted by molar-refractivity contribution is 7.92. The predicted molar refractivity (Wildman–Crippen MR) is 72.4 cm³/mol. The van der Waals surface area contributed by atoms with Gasteiger partial charge < -0.3 is 9.52 Å². The molecule has 0 aliphatic carbocycles. The Bertz CT molecular complexity index is 818. The Labute approximate surface area is 120 Å². The van der Waals surface area contributed by atoms with Crippen molar-refractivity contribution in [3.05, 3.63) is 41.5 Å². The van der Waals surface area contributed by atoms with Crippen LogP contribution >= 0.6 is 0 Å². The van der Waals surface area contributed by atoms with Crippen molar-refractivity contribution >= 4 is 16.0 Å². The number of hydrogen-bond acceptors (Lipinski definition) is 5. The summed E-state index contributed by atoms with van der Waals surface area (Å²) in [5, 5.41) is 8.56. The van der Waals surface area contributed by atoms with E-state index in [0.717, 1.165) is 12.1 Å². The van der Waals surface area contributed by atoms with Gasteiger partial charge in [0.1, 0.15) is 23.6 Å². The number of nitrogens with zero attached hydrogens (tertiary/aromatic N) is 1. The molecule has 0 aliphatic rings. The Hall–Kier alpha value is -2.37. The molecule has 1 aromatic heterocycles. The first-order valence-corrected chi connectivity index (χ1v) is 7.25. The summed E-state index contributed by atoms with van der Waals surface area (Å²) in [6.45, 7) is 1.25. The first-order chi connectivity index (χ1) is 9.92. The number of oxazole rings is 1. The van der Waals surface area contributed by atoms with Crippen LogP contribution in [0.15, 0.2) is 33.8 Å². The second-order valence-corrected chi connectivity index (χ2v) is 5.66. The lowest BCUT2D eigenvalue weighted by Crippen LogP contribution is -2.15. The third-order valence-electron chi connectivity index (χ3n) is 2.37. The van der Waals surface area contributed by atoms with Gasteiger partial charge in [-0.05, 0) is 25.1 Å². The van der Waals surface area contributed by atoms with Gasteiger partial charge in [-0.25, -0.2) is 17.5 Å². The first kappa shape index (κ1) is 15.0. The fourth-order valence-electron chi connectivity index (χ4n) is 1.51. The largest absolute Gasteiger partial charge is 0.431 e. The molecule has 0 bridgehead atoms. The van der Waals surface area contributed by atoms with Gasteiger partial charge in [0.25, 0.3) is 10.0 Å². The second kappa shape index (κ2) is 5.95. The van der Waals surface area contributed by atoms with Crippen LogP contribution < -0.4 is 4.72 Å². The number of aliphatic hydroxyl groups is 1. The molecular weight excluding hydrogens is 299 g/mol. The number of nitrogens with one attached hydrogen (secondary N) is 1. The minimum absolute atomic E-state index is 0.240. The van der Waals surface area contributed by atoms with Crippen LogP contribution in [0.4, 0.5) is 10.4 Å². The van der Waals surface area contributed by atoms with E-state index >= 15 is 0 Å². The molecule has 8 heteroatoms. The van der Waals surface area contributed by atoms with Gasteiger partial charge in [0.2, 0.25) is 0 Å². The maximum absolute atomic E-state index is 13.9. The number of rotatable bonds is 3. The predicted octanol–water partition coefficient (Wildman–Crippen LogP) is 1.27. The molecule has 0 amide bonds. The maximum atomic E-state index is 13.9. The molecule has 0 unspecified atom stereocenters. The molecule has 1 aromatic carbocycles. The van der Waals surface area contributed by atoms with Crippen molar-refractivity contribution < 1.29 is 22.3 Å². The van der Waals surface area contributed by atoms with Crippen molar-refractivity contribution in [2.75, 3.05) is 11.3 Å². The molecule has 2 aromatic rings. The summed E-state index contributed by atoms with van der Waals surface area (Å²) in [6.07, 6.45) is 1.27. The summed E-state index contributed by atoms with van der Waals surface area (Å²) >= 11 is 0. The Balaban J connectivity index is 2.32. The zero-order valence-corrected chi connectivity index (χ0v) is 11.7. The molecule has 0 spiro atoms. The molecular formula is C13H11FN2O4S. The number of aliphatic hydroxyl groups excluding tert-OH is 1. The average Bonchev–Trinajstić information content (AvgIpc) is 2.80. The lowest BCUT2D eigenvalue weighted by molar-refractivity contribution is 0.350. The highest BCUT2D eigenvalue weighted by Crippen LogP contribution is 2.19. The van der Waals surface area contributed by atoms with E-state index in [0.29, 0.717) is 5.69 Å². The van der Waals surface area contributed by atoms with E-state index in [9.17, 15) is 12.8 Å². The fourth-order valence-corrected chi connectivity index (χ4v) is 2.51. The zero-order valence-electron chi connectivity index (χ0n) is 10.9. The molecule has 2 N–H and O–H groups in total. The van der Waals surface area contributed by atoms with Gasteiger partial charge in [0.05, 0.1) is 5.69 Å². The Kier molecular flexibility index (Phi) is 4.26. The third kappa shape index (κ3) is 3.59. The van der Waals surface area contributed by atoms with Crippen molar-refractivity contribution in [2.45, 2.75) is 11.8 Å². The lowest BCUT2D eigenvalue weighted by atomic mass is 10.2. The monoisotopic (exact) mass is 310 g/mol. The van der Waals surface area contributed by atoms with Crippen LogP contribution in [0, 0.1) is 24.6 Å².